The quantitative estimate of drug-likeness (QED) is 0.369. The molecule has 2 aromatic carbocycles. The van der Waals surface area contributed by atoms with Crippen molar-refractivity contribution in [2.45, 2.75) is 6.42 Å². The highest BCUT2D eigenvalue weighted by Gasteiger charge is 2.28. The van der Waals surface area contributed by atoms with Crippen molar-refractivity contribution in [2.75, 3.05) is 17.7 Å². The molecule has 1 amide bonds. The summed E-state index contributed by atoms with van der Waals surface area (Å²) in [5, 5.41) is 13.7. The molecule has 0 radical (unpaired) electrons. The van der Waals surface area contributed by atoms with Crippen molar-refractivity contribution in [1.82, 2.24) is 0 Å². The summed E-state index contributed by atoms with van der Waals surface area (Å²) in [6.45, 7) is 0.381. The van der Waals surface area contributed by atoms with E-state index in [1.54, 1.807) is 35.2 Å². The maximum atomic E-state index is 12.8. The Morgan fingerprint density at radius 2 is 1.68 bits per heavy atom. The van der Waals surface area contributed by atoms with E-state index in [2.05, 4.69) is 5.16 Å². The molecule has 0 atom stereocenters. The minimum Gasteiger partial charge on any atom is -0.411 e. The summed E-state index contributed by atoms with van der Waals surface area (Å²) in [5.74, 6) is -0.243. The van der Waals surface area contributed by atoms with Crippen LogP contribution in [0.1, 0.15) is 22.3 Å². The number of anilines is 1. The zero-order chi connectivity index (χ0) is 21.1. The lowest BCUT2D eigenvalue weighted by Gasteiger charge is -2.30. The van der Waals surface area contributed by atoms with Gasteiger partial charge in [-0.05, 0) is 36.4 Å². The topological polar surface area (TPSA) is 107 Å². The van der Waals surface area contributed by atoms with Gasteiger partial charge in [-0.15, -0.1) is 0 Å². The van der Waals surface area contributed by atoms with Gasteiger partial charge >= 0.3 is 0 Å². The van der Waals surface area contributed by atoms with Crippen LogP contribution in [0.3, 0.4) is 0 Å². The first kappa shape index (κ1) is 22.4. The van der Waals surface area contributed by atoms with E-state index in [1.807, 2.05) is 0 Å². The standard InChI is InChI=1S/C16H11Cl3N2O2.CH4O3S/c17-9-2-4-15-12(7-9)14(20-23)5-6-21(15)16(22)11-3-1-10(18)8-13(11)19;1-5(2,3)4/h1-4,7-8,23H,5-6H2;1H3,(H,2,3,4)/b20-14+;. The highest BCUT2D eigenvalue weighted by atomic mass is 35.5. The number of benzene rings is 2. The lowest BCUT2D eigenvalue weighted by Crippen LogP contribution is -2.37. The Hall–Kier alpha value is -1.84. The van der Waals surface area contributed by atoms with Crippen molar-refractivity contribution < 1.29 is 23.0 Å². The molecule has 0 fully saturated rings. The lowest BCUT2D eigenvalue weighted by atomic mass is 9.98. The van der Waals surface area contributed by atoms with Crippen molar-refractivity contribution in [3.63, 3.8) is 0 Å². The number of rotatable bonds is 1. The van der Waals surface area contributed by atoms with Crippen LogP contribution in [0.25, 0.3) is 0 Å². The molecule has 0 spiro atoms. The van der Waals surface area contributed by atoms with Gasteiger partial charge < -0.3 is 10.1 Å². The van der Waals surface area contributed by atoms with Crippen LogP contribution in [-0.4, -0.2) is 42.6 Å². The van der Waals surface area contributed by atoms with Gasteiger partial charge in [-0.2, -0.15) is 8.42 Å². The summed E-state index contributed by atoms with van der Waals surface area (Å²) in [7, 11) is -3.67. The van der Waals surface area contributed by atoms with Crippen molar-refractivity contribution in [3.8, 4) is 0 Å². The number of carbonyl (C=O) groups is 1. The lowest BCUT2D eigenvalue weighted by molar-refractivity contribution is 0.0987. The number of amides is 1. The Morgan fingerprint density at radius 1 is 1.11 bits per heavy atom. The minimum absolute atomic E-state index is 0.243. The van der Waals surface area contributed by atoms with Gasteiger partial charge in [0.2, 0.25) is 0 Å². The third-order valence-corrected chi connectivity index (χ3v) is 4.44. The molecule has 0 aliphatic carbocycles. The number of halogens is 3. The zero-order valence-electron chi connectivity index (χ0n) is 14.4. The van der Waals surface area contributed by atoms with Crippen LogP contribution in [0.4, 0.5) is 5.69 Å². The Balaban J connectivity index is 0.000000500. The van der Waals surface area contributed by atoms with E-state index in [-0.39, 0.29) is 5.91 Å². The fourth-order valence-corrected chi connectivity index (χ4v) is 3.23. The van der Waals surface area contributed by atoms with Crippen molar-refractivity contribution in [1.29, 1.82) is 0 Å². The summed E-state index contributed by atoms with van der Waals surface area (Å²) in [6.07, 6.45) is 1.13. The molecule has 0 saturated heterocycles. The Morgan fingerprint density at radius 3 is 2.25 bits per heavy atom. The van der Waals surface area contributed by atoms with Gasteiger partial charge in [0.05, 0.1) is 28.2 Å². The molecule has 1 heterocycles. The number of fused-ring (bicyclic) bond motifs is 1. The molecule has 7 nitrogen and oxygen atoms in total. The van der Waals surface area contributed by atoms with Gasteiger partial charge in [0.25, 0.3) is 16.0 Å². The monoisotopic (exact) mass is 464 g/mol. The van der Waals surface area contributed by atoms with E-state index in [4.69, 9.17) is 44.6 Å². The summed E-state index contributed by atoms with van der Waals surface area (Å²) < 4.78 is 25.9. The summed E-state index contributed by atoms with van der Waals surface area (Å²) in [4.78, 5) is 14.4. The second kappa shape index (κ2) is 9.11. The van der Waals surface area contributed by atoms with Crippen molar-refractivity contribution >= 4 is 62.2 Å². The molecule has 1 aliphatic rings. The van der Waals surface area contributed by atoms with Crippen LogP contribution < -0.4 is 4.90 Å². The fourth-order valence-electron chi connectivity index (χ4n) is 2.57. The number of carbonyl (C=O) groups excluding carboxylic acids is 1. The number of oxime groups is 1. The normalized spacial score (nSPS) is 14.9. The predicted octanol–water partition coefficient (Wildman–Crippen LogP) is 4.38. The second-order valence-corrected chi connectivity index (χ2v) is 8.52. The summed E-state index contributed by atoms with van der Waals surface area (Å²) in [6, 6.07) is 9.83. The summed E-state index contributed by atoms with van der Waals surface area (Å²) in [5.41, 5.74) is 2.12. The SMILES string of the molecule is CS(=O)(=O)O.O=C(c1ccc(Cl)cc1Cl)N1CC/C(=N\O)c2cc(Cl)ccc21. The number of hydrogen-bond acceptors (Lipinski definition) is 5. The predicted molar refractivity (Wildman–Crippen MR) is 110 cm³/mol. The molecule has 28 heavy (non-hydrogen) atoms. The van der Waals surface area contributed by atoms with Gasteiger partial charge in [0.15, 0.2) is 0 Å². The van der Waals surface area contributed by atoms with Crippen molar-refractivity contribution in [2.24, 2.45) is 5.16 Å². The van der Waals surface area contributed by atoms with Gasteiger partial charge in [-0.3, -0.25) is 9.35 Å². The number of hydrogen-bond donors (Lipinski definition) is 2. The van der Waals surface area contributed by atoms with E-state index in [9.17, 15) is 13.2 Å². The first-order chi connectivity index (χ1) is 13.0. The molecule has 3 rings (SSSR count). The largest absolute Gasteiger partial charge is 0.411 e. The molecule has 11 heteroatoms. The third-order valence-electron chi connectivity index (χ3n) is 3.66. The molecule has 0 bridgehead atoms. The smallest absolute Gasteiger partial charge is 0.261 e. The average molecular weight is 466 g/mol. The van der Waals surface area contributed by atoms with Crippen LogP contribution in [0, 0.1) is 0 Å². The van der Waals surface area contributed by atoms with Crippen molar-refractivity contribution in [3.05, 3.63) is 62.6 Å². The molecule has 1 aliphatic heterocycles. The van der Waals surface area contributed by atoms with Crippen LogP contribution in [0.2, 0.25) is 15.1 Å². The van der Waals surface area contributed by atoms with Crippen LogP contribution in [0.5, 0.6) is 0 Å². The maximum absolute atomic E-state index is 12.8. The second-order valence-electron chi connectivity index (χ2n) is 5.77. The van der Waals surface area contributed by atoms with Gasteiger partial charge in [-0.1, -0.05) is 40.0 Å². The Bertz CT molecular complexity index is 1030. The Kier molecular flexibility index (Phi) is 7.30. The van der Waals surface area contributed by atoms with E-state index in [0.717, 1.165) is 0 Å². The minimum atomic E-state index is -3.67. The first-order valence-corrected chi connectivity index (χ1v) is 10.7. The highest BCUT2D eigenvalue weighted by Crippen LogP contribution is 2.32. The van der Waals surface area contributed by atoms with Gasteiger partial charge in [0.1, 0.15) is 0 Å². The molecular formula is C17H15Cl3N2O5S. The molecule has 0 unspecified atom stereocenters. The van der Waals surface area contributed by atoms with Gasteiger partial charge in [-0.25, -0.2) is 0 Å². The highest BCUT2D eigenvalue weighted by molar-refractivity contribution is 7.85. The molecule has 0 saturated carbocycles. The number of nitrogens with zero attached hydrogens (tertiary/aromatic N) is 2. The van der Waals surface area contributed by atoms with Crippen LogP contribution >= 0.6 is 34.8 Å². The first-order valence-electron chi connectivity index (χ1n) is 7.71. The van der Waals surface area contributed by atoms with Gasteiger partial charge in [0, 0.05) is 28.6 Å². The fraction of sp³-hybridized carbons (Fsp3) is 0.176. The van der Waals surface area contributed by atoms with Crippen LogP contribution in [0.15, 0.2) is 41.6 Å². The third kappa shape index (κ3) is 5.83. The zero-order valence-corrected chi connectivity index (χ0v) is 17.5. The molecule has 2 aromatic rings. The van der Waals surface area contributed by atoms with E-state index in [1.165, 1.54) is 6.07 Å². The maximum Gasteiger partial charge on any atom is 0.261 e. The van der Waals surface area contributed by atoms with E-state index >= 15 is 0 Å². The Labute approximate surface area is 176 Å². The average Bonchev–Trinajstić information content (AvgIpc) is 2.58. The van der Waals surface area contributed by atoms with Crippen LogP contribution in [-0.2, 0) is 10.1 Å². The molecule has 0 aromatic heterocycles. The molecular weight excluding hydrogens is 451 g/mol. The molecule has 150 valence electrons. The van der Waals surface area contributed by atoms with E-state index in [0.29, 0.717) is 56.8 Å². The summed E-state index contributed by atoms with van der Waals surface area (Å²) >= 11 is 18.0. The molecule has 2 N–H and O–H groups in total. The van der Waals surface area contributed by atoms with E-state index < -0.39 is 10.1 Å².